The molecule has 0 saturated carbocycles. The molecule has 2 aliphatic heterocycles. The SMILES string of the molecule is COc1cc2c(cc1OC)C1C(C=CI)C(O)C(CC(C)C)CN1CC2. The predicted octanol–water partition coefficient (Wildman–Crippen LogP) is 4.20. The predicted molar refractivity (Wildman–Crippen MR) is 113 cm³/mol. The van der Waals surface area contributed by atoms with Crippen LogP contribution in [0, 0.1) is 17.8 Å². The number of rotatable bonds is 5. The molecule has 1 saturated heterocycles. The van der Waals surface area contributed by atoms with Gasteiger partial charge in [0.25, 0.3) is 0 Å². The molecule has 26 heavy (non-hydrogen) atoms. The van der Waals surface area contributed by atoms with Crippen LogP contribution in [0.5, 0.6) is 11.5 Å². The van der Waals surface area contributed by atoms with E-state index in [0.29, 0.717) is 11.8 Å². The molecule has 3 rings (SSSR count). The zero-order valence-electron chi connectivity index (χ0n) is 16.1. The van der Waals surface area contributed by atoms with E-state index in [1.54, 1.807) is 14.2 Å². The van der Waals surface area contributed by atoms with Gasteiger partial charge in [-0.25, -0.2) is 0 Å². The Balaban J connectivity index is 2.02. The van der Waals surface area contributed by atoms with Crippen molar-refractivity contribution >= 4 is 22.6 Å². The van der Waals surface area contributed by atoms with Gasteiger partial charge >= 0.3 is 0 Å². The van der Waals surface area contributed by atoms with E-state index < -0.39 is 0 Å². The number of benzene rings is 1. The summed E-state index contributed by atoms with van der Waals surface area (Å²) in [6.07, 6.45) is 3.94. The Kier molecular flexibility index (Phi) is 6.51. The summed E-state index contributed by atoms with van der Waals surface area (Å²) in [6, 6.07) is 4.43. The average Bonchev–Trinajstić information content (AvgIpc) is 2.63. The molecule has 0 amide bonds. The standard InChI is InChI=1S/C21H30INO3/c1-13(2)9-15-12-23-8-6-14-10-18(25-3)19(26-4)11-17(14)20(23)16(5-7-22)21(15)24/h5,7,10-11,13,15-16,20-21,24H,6,8-9,12H2,1-4H3. The normalized spacial score (nSPS) is 28.9. The zero-order valence-corrected chi connectivity index (χ0v) is 18.3. The van der Waals surface area contributed by atoms with Crippen molar-refractivity contribution in [3.8, 4) is 11.5 Å². The third-order valence-corrected chi connectivity index (χ3v) is 6.22. The Hall–Kier alpha value is -0.790. The first kappa shape index (κ1) is 20.0. The maximum Gasteiger partial charge on any atom is 0.161 e. The van der Waals surface area contributed by atoms with Gasteiger partial charge in [-0.15, -0.1) is 0 Å². The van der Waals surface area contributed by atoms with Crippen molar-refractivity contribution in [3.63, 3.8) is 0 Å². The van der Waals surface area contributed by atoms with E-state index in [0.717, 1.165) is 37.4 Å². The second-order valence-corrected chi connectivity index (χ2v) is 8.59. The van der Waals surface area contributed by atoms with Crippen LogP contribution in [0.1, 0.15) is 37.4 Å². The molecule has 4 atom stereocenters. The fraction of sp³-hybridized carbons (Fsp3) is 0.619. The Bertz CT molecular complexity index is 661. The number of methoxy groups -OCH3 is 2. The summed E-state index contributed by atoms with van der Waals surface area (Å²) >= 11 is 2.27. The smallest absolute Gasteiger partial charge is 0.161 e. The number of aliphatic hydroxyl groups is 1. The number of hydrogen-bond acceptors (Lipinski definition) is 4. The molecule has 0 aliphatic carbocycles. The van der Waals surface area contributed by atoms with Crippen molar-refractivity contribution in [2.75, 3.05) is 27.3 Å². The van der Waals surface area contributed by atoms with Crippen molar-refractivity contribution in [1.29, 1.82) is 0 Å². The van der Waals surface area contributed by atoms with Crippen molar-refractivity contribution in [1.82, 2.24) is 4.90 Å². The third kappa shape index (κ3) is 3.76. The van der Waals surface area contributed by atoms with E-state index >= 15 is 0 Å². The van der Waals surface area contributed by atoms with E-state index in [2.05, 4.69) is 63.6 Å². The van der Waals surface area contributed by atoms with Crippen LogP contribution in [0.2, 0.25) is 0 Å². The van der Waals surface area contributed by atoms with Gasteiger partial charge in [0.1, 0.15) is 0 Å². The van der Waals surface area contributed by atoms with Gasteiger partial charge in [-0.05, 0) is 52.0 Å². The van der Waals surface area contributed by atoms with Gasteiger partial charge in [-0.1, -0.05) is 42.5 Å². The molecule has 144 valence electrons. The molecule has 0 aromatic heterocycles. The van der Waals surface area contributed by atoms with Crippen molar-refractivity contribution in [2.24, 2.45) is 17.8 Å². The van der Waals surface area contributed by atoms with Crippen LogP contribution < -0.4 is 9.47 Å². The molecular formula is C21H30INO3. The molecule has 5 heteroatoms. The van der Waals surface area contributed by atoms with Crippen LogP contribution >= 0.6 is 22.6 Å². The fourth-order valence-corrected chi connectivity index (χ4v) is 5.20. The third-order valence-electron chi connectivity index (χ3n) is 5.81. The number of ether oxygens (including phenoxy) is 2. The highest BCUT2D eigenvalue weighted by atomic mass is 127. The number of aliphatic hydroxyl groups excluding tert-OH is 1. The first-order chi connectivity index (χ1) is 12.5. The van der Waals surface area contributed by atoms with Gasteiger partial charge in [0.15, 0.2) is 11.5 Å². The summed E-state index contributed by atoms with van der Waals surface area (Å²) in [6.45, 7) is 6.47. The molecule has 1 N–H and O–H groups in total. The van der Waals surface area contributed by atoms with Gasteiger partial charge < -0.3 is 14.6 Å². The van der Waals surface area contributed by atoms with Crippen LogP contribution in [-0.2, 0) is 6.42 Å². The van der Waals surface area contributed by atoms with Gasteiger partial charge in [0.2, 0.25) is 0 Å². The fourth-order valence-electron chi connectivity index (χ4n) is 4.72. The van der Waals surface area contributed by atoms with E-state index in [4.69, 9.17) is 9.47 Å². The van der Waals surface area contributed by atoms with E-state index in [9.17, 15) is 5.11 Å². The van der Waals surface area contributed by atoms with Crippen molar-refractivity contribution in [2.45, 2.75) is 38.8 Å². The molecule has 0 spiro atoms. The molecular weight excluding hydrogens is 441 g/mol. The van der Waals surface area contributed by atoms with Crippen LogP contribution in [0.4, 0.5) is 0 Å². The number of hydrogen-bond donors (Lipinski definition) is 1. The lowest BCUT2D eigenvalue weighted by molar-refractivity contribution is -0.0517. The largest absolute Gasteiger partial charge is 0.493 e. The quantitative estimate of drug-likeness (QED) is 0.654. The highest BCUT2D eigenvalue weighted by Gasteiger charge is 2.44. The summed E-state index contributed by atoms with van der Waals surface area (Å²) in [4.78, 5) is 2.56. The zero-order chi connectivity index (χ0) is 18.8. The van der Waals surface area contributed by atoms with E-state index in [1.165, 1.54) is 11.1 Å². The average molecular weight is 471 g/mol. The van der Waals surface area contributed by atoms with Gasteiger partial charge in [-0.2, -0.15) is 0 Å². The lowest BCUT2D eigenvalue weighted by atomic mass is 9.72. The van der Waals surface area contributed by atoms with Gasteiger partial charge in [0, 0.05) is 25.0 Å². The minimum Gasteiger partial charge on any atom is -0.493 e. The van der Waals surface area contributed by atoms with Gasteiger partial charge in [-0.3, -0.25) is 4.90 Å². The van der Waals surface area contributed by atoms with Crippen molar-refractivity contribution in [3.05, 3.63) is 33.4 Å². The maximum atomic E-state index is 11.2. The molecule has 4 unspecified atom stereocenters. The molecule has 1 aromatic rings. The number of halogens is 1. The molecule has 0 bridgehead atoms. The Morgan fingerprint density at radius 1 is 1.27 bits per heavy atom. The molecule has 2 heterocycles. The molecule has 1 aromatic carbocycles. The summed E-state index contributed by atoms with van der Waals surface area (Å²) in [7, 11) is 3.36. The number of piperidine rings is 1. The van der Waals surface area contributed by atoms with Crippen molar-refractivity contribution < 1.29 is 14.6 Å². The first-order valence-corrected chi connectivity index (χ1v) is 10.7. The minimum atomic E-state index is -0.316. The second kappa shape index (κ2) is 8.48. The minimum absolute atomic E-state index is 0.0987. The first-order valence-electron chi connectivity index (χ1n) is 9.43. The molecule has 4 nitrogen and oxygen atoms in total. The van der Waals surface area contributed by atoms with Crippen LogP contribution in [-0.4, -0.2) is 43.4 Å². The lowest BCUT2D eigenvalue weighted by Crippen LogP contribution is -2.53. The highest BCUT2D eigenvalue weighted by molar-refractivity contribution is 14.1. The summed E-state index contributed by atoms with van der Waals surface area (Å²) in [5, 5.41) is 11.2. The molecule has 0 radical (unpaired) electrons. The van der Waals surface area contributed by atoms with Crippen LogP contribution in [0.25, 0.3) is 0 Å². The Morgan fingerprint density at radius 3 is 2.58 bits per heavy atom. The van der Waals surface area contributed by atoms with Crippen LogP contribution in [0.15, 0.2) is 22.3 Å². The molecule has 1 fully saturated rings. The topological polar surface area (TPSA) is 41.9 Å². The Morgan fingerprint density at radius 2 is 1.96 bits per heavy atom. The van der Waals surface area contributed by atoms with E-state index in [1.807, 2.05) is 0 Å². The lowest BCUT2D eigenvalue weighted by Gasteiger charge is -2.50. The summed E-state index contributed by atoms with van der Waals surface area (Å²) in [5.41, 5.74) is 2.58. The number of fused-ring (bicyclic) bond motifs is 3. The summed E-state index contributed by atoms with van der Waals surface area (Å²) < 4.78 is 13.1. The summed E-state index contributed by atoms with van der Waals surface area (Å²) in [5.74, 6) is 2.57. The van der Waals surface area contributed by atoms with E-state index in [-0.39, 0.29) is 18.1 Å². The van der Waals surface area contributed by atoms with Crippen LogP contribution in [0.3, 0.4) is 0 Å². The highest BCUT2D eigenvalue weighted by Crippen LogP contribution is 2.47. The molecule has 2 aliphatic rings. The van der Waals surface area contributed by atoms with Gasteiger partial charge in [0.05, 0.1) is 20.3 Å². The second-order valence-electron chi connectivity index (χ2n) is 7.87. The monoisotopic (exact) mass is 471 g/mol. The number of nitrogens with zero attached hydrogens (tertiary/aromatic N) is 1. The maximum absolute atomic E-state index is 11.2. The Labute approximate surface area is 170 Å².